The van der Waals surface area contributed by atoms with Gasteiger partial charge in [-0.05, 0) is 62.8 Å². The van der Waals surface area contributed by atoms with Gasteiger partial charge in [0.25, 0.3) is 0 Å². The highest BCUT2D eigenvalue weighted by atomic mass is 79.9. The van der Waals surface area contributed by atoms with Gasteiger partial charge in [-0.15, -0.1) is 0 Å². The Labute approximate surface area is 167 Å². The quantitative estimate of drug-likeness (QED) is 0.539. The van der Waals surface area contributed by atoms with Crippen LogP contribution >= 0.6 is 15.9 Å². The predicted molar refractivity (Wildman–Crippen MR) is 114 cm³/mol. The number of nitrogens with zero attached hydrogens (tertiary/aromatic N) is 2. The molecule has 1 saturated carbocycles. The van der Waals surface area contributed by atoms with Gasteiger partial charge in [0, 0.05) is 34.2 Å². The number of aromatic nitrogens is 1. The van der Waals surface area contributed by atoms with Crippen molar-refractivity contribution in [3.63, 3.8) is 0 Å². The van der Waals surface area contributed by atoms with E-state index in [1.54, 1.807) is 6.20 Å². The zero-order chi connectivity index (χ0) is 19.0. The molecule has 2 aromatic carbocycles. The lowest BCUT2D eigenvalue weighted by Gasteiger charge is -2.16. The first-order valence-corrected chi connectivity index (χ1v) is 9.94. The van der Waals surface area contributed by atoms with Crippen LogP contribution in [0.5, 0.6) is 0 Å². The molecule has 0 amide bonds. The fourth-order valence-corrected chi connectivity index (χ4v) is 3.67. The van der Waals surface area contributed by atoms with Gasteiger partial charge in [0.2, 0.25) is 0 Å². The molecule has 0 spiro atoms. The normalized spacial score (nSPS) is 13.9. The van der Waals surface area contributed by atoms with Crippen molar-refractivity contribution in [2.45, 2.75) is 19.4 Å². The second kappa shape index (κ2) is 7.41. The second-order valence-electron chi connectivity index (χ2n) is 7.41. The molecule has 0 radical (unpaired) electrons. The van der Waals surface area contributed by atoms with Crippen molar-refractivity contribution < 1.29 is 4.79 Å². The van der Waals surface area contributed by atoms with Crippen molar-refractivity contribution in [3.8, 4) is 0 Å². The molecule has 5 heteroatoms. The van der Waals surface area contributed by atoms with Crippen LogP contribution in [0.1, 0.15) is 28.8 Å². The van der Waals surface area contributed by atoms with E-state index in [1.807, 2.05) is 30.3 Å². The minimum Gasteiger partial charge on any atom is -0.354 e. The number of rotatable bonds is 6. The average molecular weight is 424 g/mol. The predicted octanol–water partition coefficient (Wildman–Crippen LogP) is 5.40. The van der Waals surface area contributed by atoms with Gasteiger partial charge in [-0.25, -0.2) is 0 Å². The van der Waals surface area contributed by atoms with Crippen molar-refractivity contribution in [3.05, 3.63) is 64.3 Å². The van der Waals surface area contributed by atoms with Crippen LogP contribution in [0.15, 0.2) is 53.1 Å². The summed E-state index contributed by atoms with van der Waals surface area (Å²) in [6.45, 7) is 0.867. The lowest BCUT2D eigenvalue weighted by atomic mass is 10.0. The van der Waals surface area contributed by atoms with Crippen LogP contribution in [-0.4, -0.2) is 29.8 Å². The maximum absolute atomic E-state index is 12.9. The van der Waals surface area contributed by atoms with Crippen LogP contribution in [0.3, 0.4) is 0 Å². The summed E-state index contributed by atoms with van der Waals surface area (Å²) in [5.74, 6) is 0.341. The van der Waals surface area contributed by atoms with Crippen molar-refractivity contribution >= 4 is 44.0 Å². The van der Waals surface area contributed by atoms with Crippen molar-refractivity contribution in [2.75, 3.05) is 19.4 Å². The van der Waals surface area contributed by atoms with Crippen LogP contribution in [0.2, 0.25) is 0 Å². The van der Waals surface area contributed by atoms with E-state index in [9.17, 15) is 4.79 Å². The molecule has 138 valence electrons. The van der Waals surface area contributed by atoms with Gasteiger partial charge >= 0.3 is 0 Å². The Kier molecular flexibility index (Phi) is 4.98. The van der Waals surface area contributed by atoms with E-state index in [2.05, 4.69) is 57.4 Å². The molecule has 1 aliphatic rings. The summed E-state index contributed by atoms with van der Waals surface area (Å²) < 4.78 is 0.970. The third-order valence-corrected chi connectivity index (χ3v) is 5.23. The molecule has 1 fully saturated rings. The number of hydrogen-bond donors (Lipinski definition) is 1. The molecule has 0 atom stereocenters. The lowest BCUT2D eigenvalue weighted by molar-refractivity contribution is 0.0968. The van der Waals surface area contributed by atoms with Crippen LogP contribution in [0.25, 0.3) is 10.9 Å². The Morgan fingerprint density at radius 3 is 2.78 bits per heavy atom. The van der Waals surface area contributed by atoms with Crippen molar-refractivity contribution in [1.29, 1.82) is 0 Å². The second-order valence-corrected chi connectivity index (χ2v) is 8.33. The summed E-state index contributed by atoms with van der Waals surface area (Å²) in [7, 11) is 4.11. The number of carbonyl (C=O) groups is 1. The molecule has 0 bridgehead atoms. The first-order valence-electron chi connectivity index (χ1n) is 9.14. The molecule has 0 aliphatic heterocycles. The number of anilines is 2. The highest BCUT2D eigenvalue weighted by molar-refractivity contribution is 9.10. The fourth-order valence-electron chi connectivity index (χ4n) is 3.31. The number of halogens is 1. The largest absolute Gasteiger partial charge is 0.354 e. The zero-order valence-corrected chi connectivity index (χ0v) is 17.1. The summed E-state index contributed by atoms with van der Waals surface area (Å²) in [4.78, 5) is 19.5. The Morgan fingerprint density at radius 1 is 1.22 bits per heavy atom. The topological polar surface area (TPSA) is 45.2 Å². The highest BCUT2D eigenvalue weighted by Gasteiger charge is 2.32. The van der Waals surface area contributed by atoms with Crippen molar-refractivity contribution in [2.24, 2.45) is 5.92 Å². The van der Waals surface area contributed by atoms with E-state index in [0.717, 1.165) is 46.1 Å². The summed E-state index contributed by atoms with van der Waals surface area (Å²) in [6, 6.07) is 14.3. The molecule has 1 heterocycles. The summed E-state index contributed by atoms with van der Waals surface area (Å²) >= 11 is 3.55. The fraction of sp³-hybridized carbons (Fsp3) is 0.273. The Balaban J connectivity index is 1.80. The van der Waals surface area contributed by atoms with Gasteiger partial charge in [-0.1, -0.05) is 28.1 Å². The molecule has 1 aliphatic carbocycles. The summed E-state index contributed by atoms with van der Waals surface area (Å²) in [6.07, 6.45) is 3.68. The minimum absolute atomic E-state index is 0.150. The maximum atomic E-state index is 12.9. The number of benzene rings is 2. The van der Waals surface area contributed by atoms with Crippen LogP contribution in [0, 0.1) is 5.92 Å². The first kappa shape index (κ1) is 18.1. The monoisotopic (exact) mass is 423 g/mol. The summed E-state index contributed by atoms with van der Waals surface area (Å²) in [5, 5.41) is 4.47. The molecule has 0 saturated heterocycles. The van der Waals surface area contributed by atoms with Gasteiger partial charge < -0.3 is 10.2 Å². The SMILES string of the molecule is CN(C)Cc1cccc(Nc2c(C(=O)C3CC3)cnc3ccc(Br)cc23)c1. The number of pyridine rings is 1. The smallest absolute Gasteiger partial charge is 0.169 e. The average Bonchev–Trinajstić information content (AvgIpc) is 3.46. The van der Waals surface area contributed by atoms with Gasteiger partial charge in [0.1, 0.15) is 0 Å². The molecule has 4 nitrogen and oxygen atoms in total. The molecule has 27 heavy (non-hydrogen) atoms. The molecule has 4 rings (SSSR count). The van der Waals surface area contributed by atoms with Gasteiger partial charge in [-0.3, -0.25) is 9.78 Å². The standard InChI is InChI=1S/C22H22BrN3O/c1-26(2)13-14-4-3-5-17(10-14)25-21-18-11-16(23)8-9-20(18)24-12-19(21)22(27)15-6-7-15/h3-5,8-12,15H,6-7,13H2,1-2H3,(H,24,25). The number of fused-ring (bicyclic) bond motifs is 1. The zero-order valence-electron chi connectivity index (χ0n) is 15.5. The van der Waals surface area contributed by atoms with E-state index >= 15 is 0 Å². The molecule has 3 aromatic rings. The van der Waals surface area contributed by atoms with Gasteiger partial charge in [0.15, 0.2) is 5.78 Å². The van der Waals surface area contributed by atoms with E-state index in [0.29, 0.717) is 5.56 Å². The van der Waals surface area contributed by atoms with Crippen LogP contribution in [0.4, 0.5) is 11.4 Å². The van der Waals surface area contributed by atoms with Crippen molar-refractivity contribution in [1.82, 2.24) is 9.88 Å². The Hall–Kier alpha value is -2.24. The van der Waals surface area contributed by atoms with E-state index in [1.165, 1.54) is 5.56 Å². The number of carbonyl (C=O) groups excluding carboxylic acids is 1. The number of Topliss-reactive ketones (excluding diaryl/α,β-unsaturated/α-hetero) is 1. The van der Waals surface area contributed by atoms with Gasteiger partial charge in [-0.2, -0.15) is 0 Å². The maximum Gasteiger partial charge on any atom is 0.169 e. The molecular weight excluding hydrogens is 402 g/mol. The minimum atomic E-state index is 0.150. The van der Waals surface area contributed by atoms with E-state index in [-0.39, 0.29) is 11.7 Å². The van der Waals surface area contributed by atoms with Gasteiger partial charge in [0.05, 0.1) is 16.8 Å². The van der Waals surface area contributed by atoms with E-state index < -0.39 is 0 Å². The highest BCUT2D eigenvalue weighted by Crippen LogP contribution is 2.38. The first-order chi connectivity index (χ1) is 13.0. The van der Waals surface area contributed by atoms with Crippen LogP contribution in [-0.2, 0) is 6.54 Å². The molecule has 0 unspecified atom stereocenters. The number of hydrogen-bond acceptors (Lipinski definition) is 4. The molecule has 1 aromatic heterocycles. The molecular formula is C22H22BrN3O. The third kappa shape index (κ3) is 4.04. The van der Waals surface area contributed by atoms with Crippen LogP contribution < -0.4 is 5.32 Å². The van der Waals surface area contributed by atoms with E-state index in [4.69, 9.17) is 0 Å². The molecule has 1 N–H and O–H groups in total. The summed E-state index contributed by atoms with van der Waals surface area (Å²) in [5.41, 5.74) is 4.60. The number of ketones is 1. The Bertz CT molecular complexity index is 1010. The lowest BCUT2D eigenvalue weighted by Crippen LogP contribution is -2.11. The number of nitrogens with one attached hydrogen (secondary N) is 1. The third-order valence-electron chi connectivity index (χ3n) is 4.74. The Morgan fingerprint density at radius 2 is 2.04 bits per heavy atom.